The number of benzene rings is 1. The van der Waals surface area contributed by atoms with Crippen LogP contribution in [0.2, 0.25) is 0 Å². The summed E-state index contributed by atoms with van der Waals surface area (Å²) in [6.45, 7) is 0. The fraction of sp³-hybridized carbons (Fsp3) is 0.182. The van der Waals surface area contributed by atoms with Crippen LogP contribution in [0.25, 0.3) is 0 Å². The molecule has 0 unspecified atom stereocenters. The molecular weight excluding hydrogens is 194 g/mol. The minimum Gasteiger partial charge on any atom is -0.478 e. The zero-order chi connectivity index (χ0) is 10.8. The number of nitrogens with zero attached hydrogens (tertiary/aromatic N) is 1. The highest BCUT2D eigenvalue weighted by atomic mass is 16.7. The average molecular weight is 205 g/mol. The Hall–Kier alpha value is -1.81. The van der Waals surface area contributed by atoms with Crippen molar-refractivity contribution in [1.29, 1.82) is 0 Å². The number of carboxylic acid groups (broad SMARTS) is 1. The third-order valence-electron chi connectivity index (χ3n) is 2.35. The van der Waals surface area contributed by atoms with E-state index in [9.17, 15) is 4.79 Å². The van der Waals surface area contributed by atoms with Crippen LogP contribution < -0.4 is 5.06 Å². The van der Waals surface area contributed by atoms with Gasteiger partial charge in [0.05, 0.1) is 18.4 Å². The quantitative estimate of drug-likeness (QED) is 0.796. The van der Waals surface area contributed by atoms with Crippen molar-refractivity contribution in [3.8, 4) is 0 Å². The second-order valence-electron chi connectivity index (χ2n) is 3.27. The number of anilines is 1. The molecule has 15 heavy (non-hydrogen) atoms. The van der Waals surface area contributed by atoms with Crippen molar-refractivity contribution >= 4 is 11.7 Å². The first-order valence-electron chi connectivity index (χ1n) is 4.57. The molecule has 0 radical (unpaired) electrons. The van der Waals surface area contributed by atoms with Crippen molar-refractivity contribution in [2.75, 3.05) is 12.2 Å². The lowest BCUT2D eigenvalue weighted by molar-refractivity contribution is -0.132. The molecular formula is C11H11NO3. The Balaban J connectivity index is 2.43. The summed E-state index contributed by atoms with van der Waals surface area (Å²) in [5.41, 5.74) is 2.18. The second-order valence-corrected chi connectivity index (χ2v) is 3.27. The maximum Gasteiger partial charge on any atom is 0.333 e. The van der Waals surface area contributed by atoms with Gasteiger partial charge >= 0.3 is 5.97 Å². The molecule has 1 N–H and O–H groups in total. The van der Waals surface area contributed by atoms with Crippen LogP contribution in [0.15, 0.2) is 36.0 Å². The lowest BCUT2D eigenvalue weighted by Gasteiger charge is -2.25. The van der Waals surface area contributed by atoms with E-state index in [0.29, 0.717) is 12.0 Å². The van der Waals surface area contributed by atoms with Gasteiger partial charge in [0, 0.05) is 12.6 Å². The molecule has 78 valence electrons. The van der Waals surface area contributed by atoms with Crippen molar-refractivity contribution in [3.63, 3.8) is 0 Å². The molecule has 1 heterocycles. The van der Waals surface area contributed by atoms with Gasteiger partial charge in [-0.15, -0.1) is 0 Å². The SMILES string of the molecule is CON1C=C(C(=O)O)Cc2ccccc21. The number of rotatable bonds is 2. The minimum absolute atomic E-state index is 0.329. The van der Waals surface area contributed by atoms with E-state index in [1.807, 2.05) is 24.3 Å². The van der Waals surface area contributed by atoms with E-state index in [4.69, 9.17) is 9.94 Å². The van der Waals surface area contributed by atoms with Crippen LogP contribution in [-0.2, 0) is 16.1 Å². The maximum atomic E-state index is 10.9. The molecule has 1 aromatic carbocycles. The van der Waals surface area contributed by atoms with Crippen LogP contribution >= 0.6 is 0 Å². The first kappa shape index (κ1) is 9.73. The van der Waals surface area contributed by atoms with Crippen LogP contribution in [0.5, 0.6) is 0 Å². The molecule has 0 bridgehead atoms. The molecule has 0 aliphatic carbocycles. The summed E-state index contributed by atoms with van der Waals surface area (Å²) in [5.74, 6) is -0.911. The molecule has 0 aromatic heterocycles. The summed E-state index contributed by atoms with van der Waals surface area (Å²) in [6.07, 6.45) is 1.94. The smallest absolute Gasteiger partial charge is 0.333 e. The number of fused-ring (bicyclic) bond motifs is 1. The first-order valence-corrected chi connectivity index (χ1v) is 4.57. The Morgan fingerprint density at radius 3 is 2.87 bits per heavy atom. The zero-order valence-electron chi connectivity index (χ0n) is 8.30. The molecule has 4 nitrogen and oxygen atoms in total. The Bertz CT molecular complexity index is 426. The summed E-state index contributed by atoms with van der Waals surface area (Å²) in [6, 6.07) is 7.58. The predicted octanol–water partition coefficient (Wildman–Crippen LogP) is 1.58. The summed E-state index contributed by atoms with van der Waals surface area (Å²) in [4.78, 5) is 16.0. The third-order valence-corrected chi connectivity index (χ3v) is 2.35. The molecule has 0 fully saturated rings. The summed E-state index contributed by atoms with van der Waals surface area (Å²) in [7, 11) is 1.51. The van der Waals surface area contributed by atoms with E-state index in [1.165, 1.54) is 18.4 Å². The lowest BCUT2D eigenvalue weighted by atomic mass is 10.0. The van der Waals surface area contributed by atoms with Crippen molar-refractivity contribution < 1.29 is 14.7 Å². The van der Waals surface area contributed by atoms with Crippen LogP contribution in [0.1, 0.15) is 5.56 Å². The van der Waals surface area contributed by atoms with Gasteiger partial charge in [0.1, 0.15) is 0 Å². The standard InChI is InChI=1S/C11H11NO3/c1-15-12-7-9(11(13)14)6-8-4-2-3-5-10(8)12/h2-5,7H,6H2,1H3,(H,13,14). The second kappa shape index (κ2) is 3.74. The number of carbonyl (C=O) groups is 1. The summed E-state index contributed by atoms with van der Waals surface area (Å²) in [5, 5.41) is 10.4. The number of hydroxylamine groups is 1. The van der Waals surface area contributed by atoms with E-state index >= 15 is 0 Å². The van der Waals surface area contributed by atoms with Crippen LogP contribution in [0.4, 0.5) is 5.69 Å². The van der Waals surface area contributed by atoms with Gasteiger partial charge in [-0.3, -0.25) is 4.84 Å². The largest absolute Gasteiger partial charge is 0.478 e. The number of hydrogen-bond donors (Lipinski definition) is 1. The van der Waals surface area contributed by atoms with Gasteiger partial charge in [-0.25, -0.2) is 9.86 Å². The van der Waals surface area contributed by atoms with Crippen LogP contribution in [0.3, 0.4) is 0 Å². The number of hydrogen-bond acceptors (Lipinski definition) is 3. The number of aliphatic carboxylic acids is 1. The fourth-order valence-corrected chi connectivity index (χ4v) is 1.62. The monoisotopic (exact) mass is 205 g/mol. The molecule has 2 rings (SSSR count). The van der Waals surface area contributed by atoms with Gasteiger partial charge in [0.2, 0.25) is 0 Å². The highest BCUT2D eigenvalue weighted by Crippen LogP contribution is 2.28. The van der Waals surface area contributed by atoms with Gasteiger partial charge < -0.3 is 5.11 Å². The zero-order valence-corrected chi connectivity index (χ0v) is 8.30. The molecule has 0 spiro atoms. The Labute approximate surface area is 87.3 Å². The fourth-order valence-electron chi connectivity index (χ4n) is 1.62. The van der Waals surface area contributed by atoms with E-state index < -0.39 is 5.97 Å². The van der Waals surface area contributed by atoms with Crippen molar-refractivity contribution in [1.82, 2.24) is 0 Å². The van der Waals surface area contributed by atoms with Crippen LogP contribution in [0, 0.1) is 0 Å². The van der Waals surface area contributed by atoms with Gasteiger partial charge in [-0.1, -0.05) is 18.2 Å². The Morgan fingerprint density at radius 1 is 1.47 bits per heavy atom. The molecule has 1 aliphatic rings. The van der Waals surface area contributed by atoms with Crippen molar-refractivity contribution in [2.24, 2.45) is 0 Å². The summed E-state index contributed by atoms with van der Waals surface area (Å²) >= 11 is 0. The number of carboxylic acids is 1. The minimum atomic E-state index is -0.911. The van der Waals surface area contributed by atoms with Gasteiger partial charge in [-0.2, -0.15) is 0 Å². The van der Waals surface area contributed by atoms with Gasteiger partial charge in [0.15, 0.2) is 0 Å². The Kier molecular flexibility index (Phi) is 2.43. The van der Waals surface area contributed by atoms with Crippen LogP contribution in [-0.4, -0.2) is 18.2 Å². The highest BCUT2D eigenvalue weighted by Gasteiger charge is 2.20. The molecule has 4 heteroatoms. The number of para-hydroxylation sites is 1. The predicted molar refractivity (Wildman–Crippen MR) is 55.4 cm³/mol. The van der Waals surface area contributed by atoms with E-state index in [1.54, 1.807) is 0 Å². The Morgan fingerprint density at radius 2 is 2.20 bits per heavy atom. The molecule has 0 atom stereocenters. The van der Waals surface area contributed by atoms with E-state index in [0.717, 1.165) is 11.3 Å². The molecule has 1 aromatic rings. The molecule has 0 saturated heterocycles. The maximum absolute atomic E-state index is 10.9. The van der Waals surface area contributed by atoms with E-state index in [2.05, 4.69) is 0 Å². The normalized spacial score (nSPS) is 14.5. The van der Waals surface area contributed by atoms with Gasteiger partial charge in [0.25, 0.3) is 0 Å². The third kappa shape index (κ3) is 1.71. The topological polar surface area (TPSA) is 49.8 Å². The van der Waals surface area contributed by atoms with Crippen molar-refractivity contribution in [3.05, 3.63) is 41.6 Å². The average Bonchev–Trinajstić information content (AvgIpc) is 2.27. The summed E-state index contributed by atoms with van der Waals surface area (Å²) < 4.78 is 0. The first-order chi connectivity index (χ1) is 7.22. The van der Waals surface area contributed by atoms with Crippen molar-refractivity contribution in [2.45, 2.75) is 6.42 Å². The lowest BCUT2D eigenvalue weighted by Crippen LogP contribution is -2.23. The van der Waals surface area contributed by atoms with Gasteiger partial charge in [-0.05, 0) is 11.6 Å². The molecule has 0 saturated carbocycles. The molecule has 1 aliphatic heterocycles. The highest BCUT2D eigenvalue weighted by molar-refractivity contribution is 5.89. The molecule has 0 amide bonds. The van der Waals surface area contributed by atoms with E-state index in [-0.39, 0.29) is 0 Å².